The van der Waals surface area contributed by atoms with E-state index in [1.165, 1.54) is 6.33 Å². The molecule has 7 nitrogen and oxygen atoms in total. The monoisotopic (exact) mass is 247 g/mol. The van der Waals surface area contributed by atoms with E-state index < -0.39 is 21.7 Å². The summed E-state index contributed by atoms with van der Waals surface area (Å²) in [6, 6.07) is 0. The maximum absolute atomic E-state index is 11.5. The maximum Gasteiger partial charge on any atom is 0.421 e. The fourth-order valence-corrected chi connectivity index (χ4v) is 1.63. The molecule has 1 rings (SSSR count). The molecule has 2 N–H and O–H groups in total. The summed E-state index contributed by atoms with van der Waals surface area (Å²) in [5.41, 5.74) is -0.756. The number of ether oxygens (including phenoxy) is 1. The van der Waals surface area contributed by atoms with Gasteiger partial charge < -0.3 is 9.72 Å². The van der Waals surface area contributed by atoms with Crippen molar-refractivity contribution in [3.63, 3.8) is 0 Å². The Morgan fingerprint density at radius 1 is 1.50 bits per heavy atom. The molecular weight excluding hydrogens is 234 g/mol. The molecule has 1 aromatic heterocycles. The molecule has 0 fully saturated rings. The van der Waals surface area contributed by atoms with Crippen LogP contribution in [0, 0.1) is 0 Å². The van der Waals surface area contributed by atoms with Gasteiger partial charge in [-0.3, -0.25) is 0 Å². The molecule has 8 heteroatoms. The number of carbonyl (C=O) groups is 1. The van der Waals surface area contributed by atoms with Crippen molar-refractivity contribution in [2.24, 2.45) is 0 Å². The largest absolute Gasteiger partial charge is 0.443 e. The minimum atomic E-state index is -3.93. The molecule has 90 valence electrons. The van der Waals surface area contributed by atoms with Gasteiger partial charge in [-0.05, 0) is 20.8 Å². The van der Waals surface area contributed by atoms with Gasteiger partial charge in [-0.25, -0.2) is 14.5 Å². The Morgan fingerprint density at radius 3 is 2.56 bits per heavy atom. The number of nitrogens with zero attached hydrogens (tertiary/aromatic N) is 1. The molecule has 16 heavy (non-hydrogen) atoms. The number of hydrogen-bond acceptors (Lipinski definition) is 5. The molecule has 0 aliphatic heterocycles. The predicted molar refractivity (Wildman–Crippen MR) is 55.1 cm³/mol. The third-order valence-corrected chi connectivity index (χ3v) is 2.62. The molecule has 1 amide bonds. The van der Waals surface area contributed by atoms with E-state index in [0.717, 1.165) is 6.20 Å². The lowest BCUT2D eigenvalue weighted by atomic mass is 10.2. The van der Waals surface area contributed by atoms with Crippen LogP contribution in [0.5, 0.6) is 0 Å². The molecule has 1 aromatic rings. The number of H-pyrrole nitrogens is 1. The molecule has 0 unspecified atom stereocenters. The second-order valence-electron chi connectivity index (χ2n) is 4.02. The Bertz CT molecular complexity index is 458. The van der Waals surface area contributed by atoms with Crippen molar-refractivity contribution >= 4 is 16.1 Å². The third kappa shape index (κ3) is 3.54. The highest BCUT2D eigenvalue weighted by Gasteiger charge is 2.23. The Morgan fingerprint density at radius 2 is 2.12 bits per heavy atom. The minimum Gasteiger partial charge on any atom is -0.443 e. The van der Waals surface area contributed by atoms with Crippen LogP contribution < -0.4 is 4.72 Å². The van der Waals surface area contributed by atoms with Gasteiger partial charge in [0.2, 0.25) is 0 Å². The molecule has 0 bridgehead atoms. The van der Waals surface area contributed by atoms with Crippen LogP contribution in [0.25, 0.3) is 0 Å². The van der Waals surface area contributed by atoms with E-state index in [-0.39, 0.29) is 5.03 Å². The lowest BCUT2D eigenvalue weighted by Gasteiger charge is -2.19. The number of aromatic nitrogens is 2. The summed E-state index contributed by atoms with van der Waals surface area (Å²) in [5, 5.41) is -0.196. The zero-order chi connectivity index (χ0) is 12.4. The van der Waals surface area contributed by atoms with Gasteiger partial charge in [-0.1, -0.05) is 0 Å². The molecule has 0 atom stereocenters. The van der Waals surface area contributed by atoms with Gasteiger partial charge in [0.15, 0.2) is 5.03 Å². The van der Waals surface area contributed by atoms with E-state index in [1.54, 1.807) is 25.5 Å². The fraction of sp³-hybridized carbons (Fsp3) is 0.500. The summed E-state index contributed by atoms with van der Waals surface area (Å²) in [7, 11) is -3.93. The molecule has 0 aliphatic rings. The molecule has 0 spiro atoms. The first-order valence-corrected chi connectivity index (χ1v) is 5.93. The van der Waals surface area contributed by atoms with Crippen molar-refractivity contribution in [3.8, 4) is 0 Å². The summed E-state index contributed by atoms with van der Waals surface area (Å²) in [5.74, 6) is 0. The zero-order valence-electron chi connectivity index (χ0n) is 9.14. The van der Waals surface area contributed by atoms with Crippen molar-refractivity contribution in [1.82, 2.24) is 14.7 Å². The highest BCUT2D eigenvalue weighted by atomic mass is 32.2. The van der Waals surface area contributed by atoms with E-state index in [0.29, 0.717) is 0 Å². The Balaban J connectivity index is 2.72. The van der Waals surface area contributed by atoms with Gasteiger partial charge in [0.05, 0.1) is 12.5 Å². The van der Waals surface area contributed by atoms with E-state index in [1.807, 2.05) is 0 Å². The molecular formula is C8H13N3O4S. The van der Waals surface area contributed by atoms with Crippen molar-refractivity contribution in [3.05, 3.63) is 12.5 Å². The van der Waals surface area contributed by atoms with Crippen molar-refractivity contribution in [1.29, 1.82) is 0 Å². The van der Waals surface area contributed by atoms with E-state index in [9.17, 15) is 13.2 Å². The van der Waals surface area contributed by atoms with E-state index in [4.69, 9.17) is 4.74 Å². The second kappa shape index (κ2) is 4.12. The maximum atomic E-state index is 11.5. The van der Waals surface area contributed by atoms with Crippen LogP contribution in [-0.4, -0.2) is 30.1 Å². The van der Waals surface area contributed by atoms with Crippen molar-refractivity contribution in [2.45, 2.75) is 31.4 Å². The molecule has 0 aliphatic carbocycles. The number of carbonyl (C=O) groups excluding carboxylic acids is 1. The average molecular weight is 247 g/mol. The van der Waals surface area contributed by atoms with Crippen LogP contribution in [-0.2, 0) is 14.8 Å². The highest BCUT2D eigenvalue weighted by molar-refractivity contribution is 7.90. The first-order valence-electron chi connectivity index (χ1n) is 4.45. The van der Waals surface area contributed by atoms with E-state index >= 15 is 0 Å². The van der Waals surface area contributed by atoms with Gasteiger partial charge in [0, 0.05) is 0 Å². The lowest BCUT2D eigenvalue weighted by Crippen LogP contribution is -2.36. The molecule has 0 saturated carbocycles. The number of aromatic amines is 1. The number of imidazole rings is 1. The van der Waals surface area contributed by atoms with Crippen LogP contribution in [0.1, 0.15) is 20.8 Å². The van der Waals surface area contributed by atoms with Gasteiger partial charge in [0.25, 0.3) is 10.0 Å². The highest BCUT2D eigenvalue weighted by Crippen LogP contribution is 2.08. The Labute approximate surface area is 93.3 Å². The summed E-state index contributed by atoms with van der Waals surface area (Å²) in [6.07, 6.45) is 1.26. The Hall–Kier alpha value is -1.57. The first kappa shape index (κ1) is 12.5. The van der Waals surface area contributed by atoms with Crippen LogP contribution in [0.4, 0.5) is 4.79 Å². The lowest BCUT2D eigenvalue weighted by molar-refractivity contribution is 0.0570. The molecule has 0 radical (unpaired) electrons. The average Bonchev–Trinajstić information content (AvgIpc) is 2.49. The first-order chi connectivity index (χ1) is 7.21. The van der Waals surface area contributed by atoms with Crippen LogP contribution >= 0.6 is 0 Å². The van der Waals surface area contributed by atoms with Crippen molar-refractivity contribution < 1.29 is 17.9 Å². The minimum absolute atomic E-state index is 0.196. The predicted octanol–water partition coefficient (Wildman–Crippen LogP) is 0.623. The molecule has 0 aromatic carbocycles. The topological polar surface area (TPSA) is 101 Å². The van der Waals surface area contributed by atoms with Gasteiger partial charge in [-0.15, -0.1) is 0 Å². The third-order valence-electron chi connectivity index (χ3n) is 1.38. The number of rotatable bonds is 2. The second-order valence-corrected chi connectivity index (χ2v) is 5.67. The van der Waals surface area contributed by atoms with Crippen molar-refractivity contribution in [2.75, 3.05) is 0 Å². The van der Waals surface area contributed by atoms with Crippen LogP contribution in [0.2, 0.25) is 0 Å². The number of sulfonamides is 1. The number of nitrogens with one attached hydrogen (secondary N) is 2. The summed E-state index contributed by atoms with van der Waals surface area (Å²) >= 11 is 0. The van der Waals surface area contributed by atoms with E-state index in [2.05, 4.69) is 9.97 Å². The van der Waals surface area contributed by atoms with Gasteiger partial charge in [0.1, 0.15) is 5.60 Å². The Kier molecular flexibility index (Phi) is 3.22. The van der Waals surface area contributed by atoms with Gasteiger partial charge >= 0.3 is 6.09 Å². The normalized spacial score (nSPS) is 12.2. The molecule has 0 saturated heterocycles. The smallest absolute Gasteiger partial charge is 0.421 e. The number of amides is 1. The quantitative estimate of drug-likeness (QED) is 0.797. The fourth-order valence-electron chi connectivity index (χ4n) is 0.854. The summed E-state index contributed by atoms with van der Waals surface area (Å²) in [4.78, 5) is 17.1. The van der Waals surface area contributed by atoms with Gasteiger partial charge in [-0.2, -0.15) is 8.42 Å². The zero-order valence-corrected chi connectivity index (χ0v) is 9.96. The number of hydrogen-bond donors (Lipinski definition) is 2. The van der Waals surface area contributed by atoms with Crippen LogP contribution in [0.15, 0.2) is 17.6 Å². The summed E-state index contributed by atoms with van der Waals surface area (Å²) < 4.78 is 29.6. The SMILES string of the molecule is CC(C)(C)OC(=O)NS(=O)(=O)c1cnc[nH]1. The van der Waals surface area contributed by atoms with Crippen LogP contribution in [0.3, 0.4) is 0 Å². The summed E-state index contributed by atoms with van der Waals surface area (Å²) in [6.45, 7) is 4.90. The molecule has 1 heterocycles. The standard InChI is InChI=1S/C8H13N3O4S/c1-8(2,3)15-7(12)11-16(13,14)6-4-9-5-10-6/h4-5H,1-3H3,(H,9,10)(H,11,12).